The molecule has 5 rings (SSSR count). The third-order valence-electron chi connectivity index (χ3n) is 6.50. The number of anilines is 3. The molecule has 13 nitrogen and oxygen atoms in total. The first-order valence-corrected chi connectivity index (χ1v) is 13.9. The predicted octanol–water partition coefficient (Wildman–Crippen LogP) is 3.43. The molecule has 3 amide bonds. The van der Waals surface area contributed by atoms with Gasteiger partial charge < -0.3 is 25.6 Å². The Morgan fingerprint density at radius 3 is 2.52 bits per heavy atom. The van der Waals surface area contributed by atoms with Gasteiger partial charge in [0.25, 0.3) is 11.8 Å². The van der Waals surface area contributed by atoms with Crippen molar-refractivity contribution in [2.45, 2.75) is 26.3 Å². The van der Waals surface area contributed by atoms with Gasteiger partial charge in [-0.3, -0.25) is 19.4 Å². The number of methoxy groups -OCH3 is 1. The van der Waals surface area contributed by atoms with E-state index in [1.54, 1.807) is 42.4 Å². The van der Waals surface area contributed by atoms with E-state index in [1.165, 1.54) is 25.5 Å². The third-order valence-corrected chi connectivity index (χ3v) is 7.33. The predicted molar refractivity (Wildman–Crippen MR) is 157 cm³/mol. The topological polar surface area (TPSA) is 164 Å². The molecule has 1 saturated carbocycles. The molecule has 1 aliphatic rings. The Hall–Kier alpha value is -4.98. The van der Waals surface area contributed by atoms with Crippen LogP contribution >= 0.6 is 11.3 Å². The van der Waals surface area contributed by atoms with Gasteiger partial charge in [-0.1, -0.05) is 29.5 Å². The van der Waals surface area contributed by atoms with E-state index in [0.717, 1.165) is 22.9 Å². The van der Waals surface area contributed by atoms with E-state index in [0.29, 0.717) is 34.8 Å². The fourth-order valence-corrected chi connectivity index (χ4v) is 4.95. The lowest BCUT2D eigenvalue weighted by Gasteiger charge is -2.17. The van der Waals surface area contributed by atoms with Crippen LogP contribution in [0.15, 0.2) is 42.6 Å². The van der Waals surface area contributed by atoms with Crippen LogP contribution in [0.4, 0.5) is 17.2 Å². The van der Waals surface area contributed by atoms with Gasteiger partial charge in [-0.2, -0.15) is 0 Å². The average Bonchev–Trinajstić information content (AvgIpc) is 3.78. The second kappa shape index (κ2) is 12.3. The SMILES string of the molecule is CNC(=O)c1nnc(NC(=O)C2CC2)cc1Nc1cccc(-c2ccc(C(=O)N(C)Cc3nnc(C)s3)nc2)c1OC. The summed E-state index contributed by atoms with van der Waals surface area (Å²) >= 11 is 1.44. The van der Waals surface area contributed by atoms with Crippen molar-refractivity contribution in [2.24, 2.45) is 5.92 Å². The Balaban J connectivity index is 1.39. The van der Waals surface area contributed by atoms with Crippen LogP contribution in [-0.4, -0.2) is 69.2 Å². The van der Waals surface area contributed by atoms with E-state index in [1.807, 2.05) is 19.1 Å². The summed E-state index contributed by atoms with van der Waals surface area (Å²) in [5, 5.41) is 26.2. The lowest BCUT2D eigenvalue weighted by atomic mass is 10.0. The van der Waals surface area contributed by atoms with Crippen LogP contribution in [-0.2, 0) is 11.3 Å². The number of benzene rings is 1. The summed E-state index contributed by atoms with van der Waals surface area (Å²) in [6, 6.07) is 10.5. The number of hydrogen-bond donors (Lipinski definition) is 3. The van der Waals surface area contributed by atoms with E-state index < -0.39 is 5.91 Å². The standard InChI is InChI=1S/C28H29N9O4S/c1-15-33-35-23(42-15)14-37(3)28(40)20-11-10-17(13-30-20)18-6-5-7-19(25(18)41-4)31-21-12-22(32-26(38)16-8-9-16)34-36-24(21)27(39)29-2/h5-7,10-13,16H,8-9,14H2,1-4H3,(H,29,39)(H2,31,32,34,38). The first kappa shape index (κ1) is 28.5. The number of carbonyl (C=O) groups is 3. The van der Waals surface area contributed by atoms with E-state index >= 15 is 0 Å². The highest BCUT2D eigenvalue weighted by Crippen LogP contribution is 2.38. The van der Waals surface area contributed by atoms with Crippen molar-refractivity contribution in [3.8, 4) is 16.9 Å². The molecule has 3 heterocycles. The smallest absolute Gasteiger partial charge is 0.273 e. The molecular formula is C28H29N9O4S. The molecular weight excluding hydrogens is 558 g/mol. The summed E-state index contributed by atoms with van der Waals surface area (Å²) in [5.74, 6) is -0.130. The zero-order valence-electron chi connectivity index (χ0n) is 23.5. The van der Waals surface area contributed by atoms with Gasteiger partial charge in [-0.25, -0.2) is 0 Å². The summed E-state index contributed by atoms with van der Waals surface area (Å²) in [7, 11) is 4.72. The third kappa shape index (κ3) is 6.33. The van der Waals surface area contributed by atoms with Crippen molar-refractivity contribution in [2.75, 3.05) is 31.8 Å². The number of ether oxygens (including phenoxy) is 1. The highest BCUT2D eigenvalue weighted by molar-refractivity contribution is 7.11. The maximum absolute atomic E-state index is 12.9. The molecule has 216 valence electrons. The Labute approximate surface area is 245 Å². The van der Waals surface area contributed by atoms with Gasteiger partial charge in [0.15, 0.2) is 11.5 Å². The van der Waals surface area contributed by atoms with Crippen LogP contribution in [0.5, 0.6) is 5.75 Å². The number of pyridine rings is 1. The van der Waals surface area contributed by atoms with Crippen LogP contribution in [0.1, 0.15) is 43.8 Å². The number of carbonyl (C=O) groups excluding carboxylic acids is 3. The highest BCUT2D eigenvalue weighted by atomic mass is 32.1. The van der Waals surface area contributed by atoms with Crippen molar-refractivity contribution in [3.05, 3.63) is 64.0 Å². The average molecular weight is 588 g/mol. The number of nitrogens with zero attached hydrogens (tertiary/aromatic N) is 6. The van der Waals surface area contributed by atoms with Gasteiger partial charge in [-0.05, 0) is 31.9 Å². The molecule has 0 unspecified atom stereocenters. The largest absolute Gasteiger partial charge is 0.494 e. The van der Waals surface area contributed by atoms with Crippen LogP contribution in [0.25, 0.3) is 11.1 Å². The van der Waals surface area contributed by atoms with E-state index in [4.69, 9.17) is 4.74 Å². The molecule has 3 aromatic heterocycles. The quantitative estimate of drug-likeness (QED) is 0.250. The lowest BCUT2D eigenvalue weighted by Crippen LogP contribution is -2.26. The van der Waals surface area contributed by atoms with Crippen LogP contribution < -0.4 is 20.7 Å². The van der Waals surface area contributed by atoms with Gasteiger partial charge in [0, 0.05) is 43.4 Å². The molecule has 4 aromatic rings. The van der Waals surface area contributed by atoms with E-state index in [-0.39, 0.29) is 34.9 Å². The number of rotatable bonds is 10. The Bertz CT molecular complexity index is 1640. The molecule has 1 fully saturated rings. The molecule has 0 atom stereocenters. The number of hydrogen-bond acceptors (Lipinski definition) is 11. The van der Waals surface area contributed by atoms with Crippen LogP contribution in [0.3, 0.4) is 0 Å². The first-order chi connectivity index (χ1) is 20.3. The minimum absolute atomic E-state index is 0.0196. The van der Waals surface area contributed by atoms with Gasteiger partial charge in [0.1, 0.15) is 21.5 Å². The monoisotopic (exact) mass is 587 g/mol. The molecule has 0 bridgehead atoms. The number of aromatic nitrogens is 5. The Morgan fingerprint density at radius 2 is 1.88 bits per heavy atom. The minimum atomic E-state index is -0.448. The summed E-state index contributed by atoms with van der Waals surface area (Å²) in [5.41, 5.74) is 2.63. The summed E-state index contributed by atoms with van der Waals surface area (Å²) in [4.78, 5) is 43.7. The Morgan fingerprint density at radius 1 is 1.07 bits per heavy atom. The zero-order chi connectivity index (χ0) is 29.8. The molecule has 1 aromatic carbocycles. The number of nitrogens with one attached hydrogen (secondary N) is 3. The molecule has 0 radical (unpaired) electrons. The molecule has 0 saturated heterocycles. The van der Waals surface area contributed by atoms with Crippen molar-refractivity contribution < 1.29 is 19.1 Å². The maximum Gasteiger partial charge on any atom is 0.273 e. The van der Waals surface area contributed by atoms with Crippen LogP contribution in [0.2, 0.25) is 0 Å². The van der Waals surface area contributed by atoms with E-state index in [9.17, 15) is 14.4 Å². The van der Waals surface area contributed by atoms with Crippen LogP contribution in [0, 0.1) is 12.8 Å². The molecule has 3 N–H and O–H groups in total. The van der Waals surface area contributed by atoms with Crippen molar-refractivity contribution in [3.63, 3.8) is 0 Å². The fourth-order valence-electron chi connectivity index (χ4n) is 4.19. The number of amides is 3. The highest BCUT2D eigenvalue weighted by Gasteiger charge is 2.30. The molecule has 1 aliphatic carbocycles. The number of para-hydroxylation sites is 1. The van der Waals surface area contributed by atoms with Gasteiger partial charge in [0.05, 0.1) is 25.0 Å². The van der Waals surface area contributed by atoms with Crippen molar-refractivity contribution in [1.29, 1.82) is 0 Å². The number of aryl methyl sites for hydroxylation is 1. The minimum Gasteiger partial charge on any atom is -0.494 e. The normalized spacial score (nSPS) is 12.4. The fraction of sp³-hybridized carbons (Fsp3) is 0.286. The second-order valence-corrected chi connectivity index (χ2v) is 10.9. The molecule has 0 spiro atoms. The molecule has 0 aliphatic heterocycles. The summed E-state index contributed by atoms with van der Waals surface area (Å²) in [6.45, 7) is 2.20. The first-order valence-electron chi connectivity index (χ1n) is 13.1. The Kier molecular flexibility index (Phi) is 8.33. The van der Waals surface area contributed by atoms with Crippen molar-refractivity contribution >= 4 is 46.3 Å². The second-order valence-electron chi connectivity index (χ2n) is 9.65. The summed E-state index contributed by atoms with van der Waals surface area (Å²) in [6.07, 6.45) is 3.29. The van der Waals surface area contributed by atoms with Gasteiger partial charge in [0.2, 0.25) is 5.91 Å². The van der Waals surface area contributed by atoms with Crippen molar-refractivity contribution in [1.82, 2.24) is 35.6 Å². The van der Waals surface area contributed by atoms with E-state index in [2.05, 4.69) is 41.3 Å². The maximum atomic E-state index is 12.9. The molecule has 42 heavy (non-hydrogen) atoms. The molecule has 14 heteroatoms. The summed E-state index contributed by atoms with van der Waals surface area (Å²) < 4.78 is 5.77. The zero-order valence-corrected chi connectivity index (χ0v) is 24.3. The van der Waals surface area contributed by atoms with Gasteiger partial charge >= 0.3 is 0 Å². The lowest BCUT2D eigenvalue weighted by molar-refractivity contribution is -0.117. The van der Waals surface area contributed by atoms with Gasteiger partial charge in [-0.15, -0.1) is 20.4 Å².